The van der Waals surface area contributed by atoms with Gasteiger partial charge in [-0.05, 0) is 24.8 Å². The minimum atomic E-state index is -0.996. The second-order valence-electron chi connectivity index (χ2n) is 4.63. The highest BCUT2D eigenvalue weighted by Gasteiger charge is 2.25. The number of nitrogens with zero attached hydrogens (tertiary/aromatic N) is 1. The van der Waals surface area contributed by atoms with Crippen molar-refractivity contribution in [1.82, 2.24) is 0 Å². The Labute approximate surface area is 110 Å². The van der Waals surface area contributed by atoms with Crippen LogP contribution in [-0.4, -0.2) is 27.3 Å². The first-order chi connectivity index (χ1) is 8.81. The van der Waals surface area contributed by atoms with Crippen LogP contribution in [0.4, 0.5) is 0 Å². The van der Waals surface area contributed by atoms with E-state index in [1.807, 2.05) is 30.3 Å². The van der Waals surface area contributed by atoms with Crippen molar-refractivity contribution in [3.63, 3.8) is 0 Å². The van der Waals surface area contributed by atoms with Crippen LogP contribution in [0.15, 0.2) is 30.3 Å². The third-order valence-corrected chi connectivity index (χ3v) is 5.20. The molecule has 2 unspecified atom stereocenters. The van der Waals surface area contributed by atoms with Crippen LogP contribution in [0.2, 0.25) is 0 Å². The molecule has 1 heterocycles. The number of carbonyl (C=O) groups excluding carboxylic acids is 1. The van der Waals surface area contributed by atoms with E-state index in [0.717, 1.165) is 31.4 Å². The van der Waals surface area contributed by atoms with E-state index in [1.54, 1.807) is 0 Å². The predicted octanol–water partition coefficient (Wildman–Crippen LogP) is 1.52. The number of benzene rings is 1. The summed E-state index contributed by atoms with van der Waals surface area (Å²) in [7, 11) is -0.996. The molecule has 1 aromatic rings. The zero-order valence-electron chi connectivity index (χ0n) is 10.3. The van der Waals surface area contributed by atoms with Crippen molar-refractivity contribution >= 4 is 14.9 Å². The van der Waals surface area contributed by atoms with E-state index in [4.69, 9.17) is 4.74 Å². The smallest absolute Gasteiger partial charge is 0.136 e. The summed E-state index contributed by atoms with van der Waals surface area (Å²) in [6.45, 7) is 0.771. The molecule has 2 atom stereocenters. The molecule has 2 rings (SSSR count). The standard InChI is InChI=1S/C14H17NO2Si/c15-10-12(11-6-2-1-3-7-11)14(16)18-13-8-4-5-9-17-13/h1-3,6-7,12-13H,4-5,8-9,18H2. The molecule has 0 N–H and O–H groups in total. The fourth-order valence-corrected chi connectivity index (χ4v) is 4.08. The van der Waals surface area contributed by atoms with Crippen LogP contribution in [0.25, 0.3) is 0 Å². The number of nitriles is 1. The topological polar surface area (TPSA) is 50.1 Å². The van der Waals surface area contributed by atoms with Gasteiger partial charge in [0.05, 0.1) is 11.8 Å². The summed E-state index contributed by atoms with van der Waals surface area (Å²) in [5.41, 5.74) is 0.958. The summed E-state index contributed by atoms with van der Waals surface area (Å²) < 4.78 is 5.61. The van der Waals surface area contributed by atoms with Crippen molar-refractivity contribution in [2.24, 2.45) is 0 Å². The van der Waals surface area contributed by atoms with Gasteiger partial charge in [0.25, 0.3) is 0 Å². The first-order valence-corrected chi connectivity index (χ1v) is 7.92. The van der Waals surface area contributed by atoms with Crippen molar-refractivity contribution in [2.45, 2.75) is 30.9 Å². The van der Waals surface area contributed by atoms with Crippen LogP contribution in [0.3, 0.4) is 0 Å². The van der Waals surface area contributed by atoms with Crippen LogP contribution in [-0.2, 0) is 9.53 Å². The van der Waals surface area contributed by atoms with E-state index in [9.17, 15) is 10.1 Å². The number of hydrogen-bond donors (Lipinski definition) is 0. The fourth-order valence-electron chi connectivity index (χ4n) is 2.29. The summed E-state index contributed by atoms with van der Waals surface area (Å²) >= 11 is 0. The molecule has 18 heavy (non-hydrogen) atoms. The molecule has 0 amide bonds. The van der Waals surface area contributed by atoms with E-state index in [-0.39, 0.29) is 11.1 Å². The largest absolute Gasteiger partial charge is 0.382 e. The average Bonchev–Trinajstić information content (AvgIpc) is 2.42. The third-order valence-electron chi connectivity index (χ3n) is 3.29. The van der Waals surface area contributed by atoms with Crippen molar-refractivity contribution in [1.29, 1.82) is 5.26 Å². The molecule has 0 saturated carbocycles. The molecule has 1 fully saturated rings. The van der Waals surface area contributed by atoms with Crippen LogP contribution < -0.4 is 0 Å². The quantitative estimate of drug-likeness (QED) is 0.770. The first-order valence-electron chi connectivity index (χ1n) is 6.40. The second kappa shape index (κ2) is 6.48. The van der Waals surface area contributed by atoms with Crippen LogP contribution in [0.5, 0.6) is 0 Å². The fraction of sp³-hybridized carbons (Fsp3) is 0.429. The van der Waals surface area contributed by atoms with Gasteiger partial charge in [0.2, 0.25) is 0 Å². The first kappa shape index (κ1) is 13.0. The summed E-state index contributed by atoms with van der Waals surface area (Å²) in [5, 5.41) is 9.30. The van der Waals surface area contributed by atoms with Crippen LogP contribution in [0, 0.1) is 11.3 Å². The van der Waals surface area contributed by atoms with Crippen molar-refractivity contribution < 1.29 is 9.53 Å². The Hall–Kier alpha value is -1.44. The Balaban J connectivity index is 2.00. The highest BCUT2D eigenvalue weighted by Crippen LogP contribution is 2.18. The van der Waals surface area contributed by atoms with E-state index >= 15 is 0 Å². The molecular weight excluding hydrogens is 242 g/mol. The van der Waals surface area contributed by atoms with Gasteiger partial charge >= 0.3 is 0 Å². The maximum absolute atomic E-state index is 12.2. The number of hydrogen-bond acceptors (Lipinski definition) is 3. The second-order valence-corrected chi connectivity index (χ2v) is 6.65. The predicted molar refractivity (Wildman–Crippen MR) is 71.9 cm³/mol. The molecule has 1 aliphatic rings. The molecule has 0 aromatic heterocycles. The highest BCUT2D eigenvalue weighted by atomic mass is 28.2. The van der Waals surface area contributed by atoms with E-state index in [0.29, 0.717) is 0 Å². The molecule has 1 saturated heterocycles. The Morgan fingerprint density at radius 2 is 2.17 bits per heavy atom. The minimum Gasteiger partial charge on any atom is -0.382 e. The van der Waals surface area contributed by atoms with Crippen LogP contribution in [0.1, 0.15) is 30.7 Å². The summed E-state index contributed by atoms with van der Waals surface area (Å²) in [4.78, 5) is 12.2. The van der Waals surface area contributed by atoms with Gasteiger partial charge in [0, 0.05) is 6.61 Å². The monoisotopic (exact) mass is 259 g/mol. The van der Waals surface area contributed by atoms with Gasteiger partial charge in [-0.1, -0.05) is 30.3 Å². The highest BCUT2D eigenvalue weighted by molar-refractivity contribution is 6.76. The van der Waals surface area contributed by atoms with E-state index in [2.05, 4.69) is 6.07 Å². The summed E-state index contributed by atoms with van der Waals surface area (Å²) in [6, 6.07) is 11.5. The molecule has 94 valence electrons. The Morgan fingerprint density at radius 1 is 1.39 bits per heavy atom. The third kappa shape index (κ3) is 3.28. The maximum atomic E-state index is 12.2. The summed E-state index contributed by atoms with van der Waals surface area (Å²) in [5.74, 6) is -0.594. The van der Waals surface area contributed by atoms with Crippen molar-refractivity contribution in [3.8, 4) is 6.07 Å². The molecule has 1 aromatic carbocycles. The molecule has 0 radical (unpaired) electrons. The van der Waals surface area contributed by atoms with Crippen molar-refractivity contribution in [3.05, 3.63) is 35.9 Å². The van der Waals surface area contributed by atoms with E-state index in [1.165, 1.54) is 0 Å². The van der Waals surface area contributed by atoms with Crippen LogP contribution >= 0.6 is 0 Å². The van der Waals surface area contributed by atoms with Gasteiger partial charge in [-0.2, -0.15) is 5.26 Å². The molecule has 3 nitrogen and oxygen atoms in total. The van der Waals surface area contributed by atoms with Gasteiger partial charge in [0.15, 0.2) is 0 Å². The van der Waals surface area contributed by atoms with Gasteiger partial charge in [-0.15, -0.1) is 0 Å². The molecule has 0 bridgehead atoms. The number of carbonyl (C=O) groups is 1. The lowest BCUT2D eigenvalue weighted by Crippen LogP contribution is -2.33. The van der Waals surface area contributed by atoms with Gasteiger partial charge in [-0.3, -0.25) is 0 Å². The molecule has 1 aliphatic heterocycles. The Morgan fingerprint density at radius 3 is 2.78 bits per heavy atom. The lowest BCUT2D eigenvalue weighted by Gasteiger charge is -2.22. The zero-order chi connectivity index (χ0) is 12.8. The van der Waals surface area contributed by atoms with E-state index < -0.39 is 15.4 Å². The Kier molecular flexibility index (Phi) is 4.68. The Bertz CT molecular complexity index is 435. The minimum absolute atomic E-state index is 0.107. The molecule has 0 aliphatic carbocycles. The average molecular weight is 259 g/mol. The molecular formula is C14H17NO2Si. The molecule has 4 heteroatoms. The number of rotatable bonds is 4. The van der Waals surface area contributed by atoms with Gasteiger partial charge in [0.1, 0.15) is 20.8 Å². The maximum Gasteiger partial charge on any atom is 0.136 e. The van der Waals surface area contributed by atoms with Crippen molar-refractivity contribution in [2.75, 3.05) is 6.61 Å². The summed E-state index contributed by atoms with van der Waals surface area (Å²) in [6.07, 6.45) is 3.23. The van der Waals surface area contributed by atoms with Gasteiger partial charge in [-0.25, -0.2) is 0 Å². The lowest BCUT2D eigenvalue weighted by molar-refractivity contribution is -0.112. The molecule has 0 spiro atoms. The SMILES string of the molecule is N#CC(C(=O)[SiH2]C1CCCCO1)c1ccccc1. The normalized spacial score (nSPS) is 21.6. The lowest BCUT2D eigenvalue weighted by atomic mass is 10.0. The van der Waals surface area contributed by atoms with Gasteiger partial charge < -0.3 is 9.53 Å². The number of ether oxygens (including phenoxy) is 1. The zero-order valence-corrected chi connectivity index (χ0v) is 11.8.